The van der Waals surface area contributed by atoms with E-state index in [1.54, 1.807) is 0 Å². The summed E-state index contributed by atoms with van der Waals surface area (Å²) < 4.78 is 5.50. The Labute approximate surface area is 553 Å². The lowest BCUT2D eigenvalue weighted by Gasteiger charge is -2.30. The van der Waals surface area contributed by atoms with Crippen LogP contribution in [0.25, 0.3) is 108 Å². The maximum absolute atomic E-state index is 5.65. The first-order chi connectivity index (χ1) is 40.6. The standard InChI is InChI=1S/C51H62B31N3S2/c52-14-1(2-17(55)19(57)3(20(58)18(2)56)4-21(59)32(70)39(77)33(71)22(4)60)15(53)7-9-25(63)34(72)42(80)44(82)48(9)86-45(7)6(14)5-16(54)8-10-24(62)26(64)13(31(69)46(10)87-47(8)43(81)23(5)61)51-84-49(11-27(65)35(73)40(78)36(74)28(11)66)83-50(85-51)12-29(67)37(75)41(79)38(76)30(12)68/h52-82H2. The van der Waals surface area contributed by atoms with Crippen molar-refractivity contribution < 1.29 is 0 Å². The van der Waals surface area contributed by atoms with Gasteiger partial charge in [0.05, 0.1) is 0 Å². The van der Waals surface area contributed by atoms with Crippen LogP contribution < -0.4 is 169 Å². The Morgan fingerprint density at radius 2 is 0.322 bits per heavy atom. The molecule has 386 valence electrons. The van der Waals surface area contributed by atoms with Gasteiger partial charge in [0.25, 0.3) is 0 Å². The van der Waals surface area contributed by atoms with Crippen LogP contribution in [0.2, 0.25) is 0 Å². The molecule has 0 unspecified atom stereocenters. The number of thiophene rings is 2. The van der Waals surface area contributed by atoms with E-state index in [9.17, 15) is 0 Å². The van der Waals surface area contributed by atoms with Gasteiger partial charge in [-0.15, -0.1) is 82.8 Å². The number of fused-ring (bicyclic) bond motifs is 6. The summed E-state index contributed by atoms with van der Waals surface area (Å²) in [6.07, 6.45) is 0. The molecule has 0 aliphatic rings. The van der Waals surface area contributed by atoms with Crippen molar-refractivity contribution in [2.75, 3.05) is 0 Å². The Morgan fingerprint density at radius 3 is 0.690 bits per heavy atom. The Morgan fingerprint density at radius 1 is 0.138 bits per heavy atom. The highest BCUT2D eigenvalue weighted by Gasteiger charge is 2.31. The number of hydrogen-bond acceptors (Lipinski definition) is 5. The highest BCUT2D eigenvalue weighted by Crippen LogP contribution is 2.40. The van der Waals surface area contributed by atoms with Gasteiger partial charge >= 0.3 is 0 Å². The van der Waals surface area contributed by atoms with Gasteiger partial charge in [0.2, 0.25) is 0 Å². The average Bonchev–Trinajstić information content (AvgIpc) is 1.64. The number of aromatic nitrogens is 3. The molecule has 0 saturated carbocycles. The molecule has 0 atom stereocenters. The lowest BCUT2D eigenvalue weighted by atomic mass is 9.55. The van der Waals surface area contributed by atoms with Crippen LogP contribution in [-0.2, 0) is 0 Å². The lowest BCUT2D eigenvalue weighted by Crippen LogP contribution is -2.57. The summed E-state index contributed by atoms with van der Waals surface area (Å²) in [6, 6.07) is 0. The molecule has 87 heavy (non-hydrogen) atoms. The van der Waals surface area contributed by atoms with Crippen LogP contribution in [0.5, 0.6) is 0 Å². The normalized spacial score (nSPS) is 11.7. The minimum atomic E-state index is 0.742. The lowest BCUT2D eigenvalue weighted by molar-refractivity contribution is 1.08. The van der Waals surface area contributed by atoms with Gasteiger partial charge in [0.1, 0.15) is 243 Å². The zero-order valence-electron chi connectivity index (χ0n) is 58.7. The van der Waals surface area contributed by atoms with Crippen LogP contribution in [0.3, 0.4) is 0 Å². The fourth-order valence-electron chi connectivity index (χ4n) is 16.1. The minimum Gasteiger partial charge on any atom is -0.208 e. The van der Waals surface area contributed by atoms with Gasteiger partial charge in [-0.3, -0.25) is 0 Å². The van der Waals surface area contributed by atoms with Crippen molar-refractivity contribution in [1.82, 2.24) is 15.0 Å². The second-order valence-corrected chi connectivity index (χ2v) is 29.1. The van der Waals surface area contributed by atoms with Gasteiger partial charge < -0.3 is 0 Å². The van der Waals surface area contributed by atoms with Crippen molar-refractivity contribution >= 4 is 476 Å². The van der Waals surface area contributed by atoms with Crippen LogP contribution in [0.4, 0.5) is 0 Å². The average molecular weight is 1120 g/mol. The van der Waals surface area contributed by atoms with Crippen molar-refractivity contribution in [2.24, 2.45) is 0 Å². The summed E-state index contributed by atoms with van der Waals surface area (Å²) in [5.41, 5.74) is 53.1. The maximum Gasteiger partial charge on any atom is 0.162 e. The van der Waals surface area contributed by atoms with E-state index in [1.807, 2.05) is 22.7 Å². The molecule has 0 aliphatic heterocycles. The molecule has 8 aromatic carbocycles. The molecule has 0 aliphatic carbocycles. The van der Waals surface area contributed by atoms with E-state index in [0.29, 0.717) is 0 Å². The van der Waals surface area contributed by atoms with Crippen molar-refractivity contribution in [3.05, 3.63) is 0 Å². The van der Waals surface area contributed by atoms with Crippen molar-refractivity contribution in [3.63, 3.8) is 0 Å². The molecule has 3 nitrogen and oxygen atoms in total. The second kappa shape index (κ2) is 22.3. The minimum absolute atomic E-state index is 0.742. The van der Waals surface area contributed by atoms with Crippen LogP contribution in [0, 0.1) is 0 Å². The second-order valence-electron chi connectivity index (χ2n) is 27.1. The molecule has 0 bridgehead atoms. The highest BCUT2D eigenvalue weighted by atomic mass is 32.1. The number of benzene rings is 8. The van der Waals surface area contributed by atoms with E-state index >= 15 is 0 Å². The Balaban J connectivity index is 1.25. The quantitative estimate of drug-likeness (QED) is 0.156. The van der Waals surface area contributed by atoms with Gasteiger partial charge in [0.15, 0.2) is 17.5 Å². The Hall–Kier alpha value is -4.78. The number of hydrogen-bond donors (Lipinski definition) is 0. The summed E-state index contributed by atoms with van der Waals surface area (Å²) in [5.74, 6) is 2.23. The molecule has 3 aromatic heterocycles. The predicted octanol–water partition coefficient (Wildman–Crippen LogP) is -39.4. The topological polar surface area (TPSA) is 38.7 Å². The smallest absolute Gasteiger partial charge is 0.162 e. The van der Waals surface area contributed by atoms with Gasteiger partial charge in [0, 0.05) is 35.5 Å². The van der Waals surface area contributed by atoms with E-state index in [0.717, 1.165) is 34.2 Å². The van der Waals surface area contributed by atoms with Crippen molar-refractivity contribution in [1.29, 1.82) is 0 Å². The summed E-state index contributed by atoms with van der Waals surface area (Å²) >= 11 is 4.00. The van der Waals surface area contributed by atoms with E-state index < -0.39 is 0 Å². The summed E-state index contributed by atoms with van der Waals surface area (Å²) in [6.45, 7) is 0. The van der Waals surface area contributed by atoms with Gasteiger partial charge in [-0.05, 0) is 54.9 Å². The zero-order chi connectivity index (χ0) is 64.0. The van der Waals surface area contributed by atoms with Crippen LogP contribution in [-0.4, -0.2) is 258 Å². The molecule has 11 aromatic rings. The van der Waals surface area contributed by atoms with Gasteiger partial charge in [-0.1, -0.05) is 109 Å². The van der Waals surface area contributed by atoms with Crippen molar-refractivity contribution in [3.8, 4) is 67.5 Å². The highest BCUT2D eigenvalue weighted by molar-refractivity contribution is 7.29. The SMILES string of the molecule is Bc1c(B)c(B)c(-c2nc(-c3c(B)c(B)c(B)c(B)c3B)nc(-c3c(B)c(B)c4c(sc5c(B)c(B)c(-c6c(B)c(-c7c(B)c(B)c(-c8c(B)c(B)c(B)c(B)c8B)c(B)c7B)c(B)c7c6sc6c(B)c(B)c(B)c(B)c67)c(B)c54)c3B)n2)c(B)c1B. The Bertz CT molecular complexity index is 4870. The van der Waals surface area contributed by atoms with Crippen molar-refractivity contribution in [2.45, 2.75) is 0 Å². The fourth-order valence-corrected chi connectivity index (χ4v) is 19.2. The molecule has 0 N–H and O–H groups in total. The molecule has 0 fully saturated rings. The maximum atomic E-state index is 5.65. The van der Waals surface area contributed by atoms with E-state index in [4.69, 9.17) is 15.0 Å². The monoisotopic (exact) mass is 1120 g/mol. The molecule has 3 heterocycles. The molecular weight excluding hydrogens is 1050 g/mol. The fraction of sp³-hybridized carbons (Fsp3) is 0. The summed E-state index contributed by atoms with van der Waals surface area (Å²) in [4.78, 5) is 16.8. The van der Waals surface area contributed by atoms with Crippen LogP contribution >= 0.6 is 22.7 Å². The number of nitrogens with zero attached hydrogens (tertiary/aromatic N) is 3. The van der Waals surface area contributed by atoms with E-state index in [1.165, 1.54) is 243 Å². The number of rotatable bonds is 6. The zero-order valence-corrected chi connectivity index (χ0v) is 60.3. The molecular formula is C51H62B31N3S2. The summed E-state index contributed by atoms with van der Waals surface area (Å²) in [5, 5.41) is 5.58. The molecule has 11 rings (SSSR count). The van der Waals surface area contributed by atoms with Crippen LogP contribution in [0.1, 0.15) is 0 Å². The van der Waals surface area contributed by atoms with Gasteiger partial charge in [-0.2, -0.15) is 0 Å². The molecule has 0 saturated heterocycles. The van der Waals surface area contributed by atoms with Gasteiger partial charge in [-0.25, -0.2) is 15.0 Å². The third kappa shape index (κ3) is 8.91. The third-order valence-corrected chi connectivity index (χ3v) is 26.4. The largest absolute Gasteiger partial charge is 0.208 e. The van der Waals surface area contributed by atoms with Crippen LogP contribution in [0.15, 0.2) is 0 Å². The third-order valence-electron chi connectivity index (χ3n) is 23.7. The molecule has 0 amide bonds. The molecule has 0 radical (unpaired) electrons. The molecule has 0 spiro atoms. The van der Waals surface area contributed by atoms with E-state index in [2.05, 4.69) is 243 Å². The summed E-state index contributed by atoms with van der Waals surface area (Å²) in [7, 11) is 72.4. The molecule has 36 heteroatoms. The van der Waals surface area contributed by atoms with E-state index in [-0.39, 0.29) is 0 Å². The predicted molar refractivity (Wildman–Crippen MR) is 492 cm³/mol. The first-order valence-electron chi connectivity index (χ1n) is 31.7. The Kier molecular flexibility index (Phi) is 16.3. The first-order valence-corrected chi connectivity index (χ1v) is 33.3. The first kappa shape index (κ1) is 63.8.